The minimum atomic E-state index is 0.372. The number of rotatable bonds is 2. The summed E-state index contributed by atoms with van der Waals surface area (Å²) >= 11 is 2.80. The first-order chi connectivity index (χ1) is 7.67. The van der Waals surface area contributed by atoms with E-state index in [9.17, 15) is 0 Å². The molecule has 0 aliphatic carbocycles. The third-order valence-corrected chi connectivity index (χ3v) is 3.39. The molecule has 0 saturated heterocycles. The van der Waals surface area contributed by atoms with E-state index in [4.69, 9.17) is 5.26 Å². The van der Waals surface area contributed by atoms with Crippen molar-refractivity contribution in [2.24, 2.45) is 0 Å². The fourth-order valence-corrected chi connectivity index (χ4v) is 2.78. The maximum Gasteiger partial charge on any atom is 0.196 e. The number of hydrogen-bond donors (Lipinski definition) is 0. The smallest absolute Gasteiger partial charge is 0.196 e. The lowest BCUT2D eigenvalue weighted by molar-refractivity contribution is 0.912. The maximum atomic E-state index is 8.78. The second kappa shape index (κ2) is 4.55. The van der Waals surface area contributed by atoms with Gasteiger partial charge in [-0.3, -0.25) is 0 Å². The second-order valence-electron chi connectivity index (χ2n) is 2.98. The van der Waals surface area contributed by atoms with E-state index in [2.05, 4.69) is 20.2 Å². The van der Waals surface area contributed by atoms with Crippen molar-refractivity contribution in [2.75, 3.05) is 0 Å². The van der Waals surface area contributed by atoms with E-state index in [1.165, 1.54) is 23.1 Å². The van der Waals surface area contributed by atoms with Gasteiger partial charge in [0.25, 0.3) is 0 Å². The van der Waals surface area contributed by atoms with E-state index in [1.807, 2.05) is 19.9 Å². The largest absolute Gasteiger partial charge is 0.227 e. The van der Waals surface area contributed by atoms with Gasteiger partial charge in [0.2, 0.25) is 0 Å². The number of hydrogen-bond acceptors (Lipinski definition) is 7. The monoisotopic (exact) mass is 249 g/mol. The normalized spacial score (nSPS) is 10.1. The summed E-state index contributed by atoms with van der Waals surface area (Å²) in [4.78, 5) is 8.31. The number of nitrogens with zero attached hydrogens (tertiary/aromatic N) is 5. The van der Waals surface area contributed by atoms with Crippen LogP contribution in [0.4, 0.5) is 0 Å². The molecule has 0 aromatic carbocycles. The molecule has 0 saturated carbocycles. The van der Waals surface area contributed by atoms with Crippen molar-refractivity contribution in [2.45, 2.75) is 23.3 Å². The zero-order chi connectivity index (χ0) is 11.5. The molecule has 0 fully saturated rings. The molecule has 0 radical (unpaired) electrons. The highest BCUT2D eigenvalue weighted by Crippen LogP contribution is 2.27. The Morgan fingerprint density at radius 3 is 2.75 bits per heavy atom. The molecule has 0 unspecified atom stereocenters. The van der Waals surface area contributed by atoms with Crippen LogP contribution < -0.4 is 0 Å². The van der Waals surface area contributed by atoms with Crippen LogP contribution in [0.15, 0.2) is 15.6 Å². The average Bonchev–Trinajstić information content (AvgIpc) is 2.63. The minimum absolute atomic E-state index is 0.372. The Kier molecular flexibility index (Phi) is 3.12. The molecule has 2 rings (SSSR count). The van der Waals surface area contributed by atoms with Crippen LogP contribution in [0.5, 0.6) is 0 Å². The highest BCUT2D eigenvalue weighted by molar-refractivity contribution is 8.00. The van der Waals surface area contributed by atoms with Crippen molar-refractivity contribution in [1.29, 1.82) is 5.26 Å². The van der Waals surface area contributed by atoms with E-state index in [0.717, 1.165) is 15.0 Å². The van der Waals surface area contributed by atoms with Crippen LogP contribution in [0.25, 0.3) is 0 Å². The number of aryl methyl sites for hydroxylation is 2. The lowest BCUT2D eigenvalue weighted by atomic mass is 10.4. The molecule has 0 N–H and O–H groups in total. The first-order valence-corrected chi connectivity index (χ1v) is 6.04. The summed E-state index contributed by atoms with van der Waals surface area (Å²) in [6, 6.07) is 3.65. The fourth-order valence-electron chi connectivity index (χ4n) is 1.04. The zero-order valence-corrected chi connectivity index (χ0v) is 10.3. The van der Waals surface area contributed by atoms with Crippen molar-refractivity contribution in [3.63, 3.8) is 0 Å². The first kappa shape index (κ1) is 11.0. The molecule has 2 heterocycles. The summed E-state index contributed by atoms with van der Waals surface area (Å²) in [6.45, 7) is 3.72. The summed E-state index contributed by atoms with van der Waals surface area (Å²) in [7, 11) is 0. The quantitative estimate of drug-likeness (QED) is 0.757. The summed E-state index contributed by atoms with van der Waals surface area (Å²) in [5.41, 5.74) is 1.14. The van der Waals surface area contributed by atoms with Gasteiger partial charge in [0.05, 0.1) is 0 Å². The summed E-state index contributed by atoms with van der Waals surface area (Å²) < 4.78 is 0.784. The molecular weight excluding hydrogens is 242 g/mol. The van der Waals surface area contributed by atoms with Gasteiger partial charge in [-0.25, -0.2) is 9.97 Å². The second-order valence-corrected chi connectivity index (χ2v) is 5.37. The van der Waals surface area contributed by atoms with E-state index in [1.54, 1.807) is 6.07 Å². The van der Waals surface area contributed by atoms with Gasteiger partial charge in [0.15, 0.2) is 9.50 Å². The highest BCUT2D eigenvalue weighted by atomic mass is 32.2. The van der Waals surface area contributed by atoms with Crippen molar-refractivity contribution in [3.8, 4) is 6.07 Å². The molecule has 7 heteroatoms. The van der Waals surface area contributed by atoms with Crippen LogP contribution in [0.2, 0.25) is 0 Å². The molecule has 0 aliphatic heterocycles. The van der Waals surface area contributed by atoms with Crippen molar-refractivity contribution < 1.29 is 0 Å². The van der Waals surface area contributed by atoms with Crippen LogP contribution in [0.3, 0.4) is 0 Å². The first-order valence-electron chi connectivity index (χ1n) is 4.41. The van der Waals surface area contributed by atoms with Crippen LogP contribution in [-0.2, 0) is 0 Å². The van der Waals surface area contributed by atoms with Crippen molar-refractivity contribution in [1.82, 2.24) is 20.2 Å². The van der Waals surface area contributed by atoms with Gasteiger partial charge in [-0.05, 0) is 31.7 Å². The van der Waals surface area contributed by atoms with Crippen LogP contribution >= 0.6 is 23.1 Å². The molecule has 16 heavy (non-hydrogen) atoms. The molecule has 80 valence electrons. The van der Waals surface area contributed by atoms with Gasteiger partial charge < -0.3 is 0 Å². The summed E-state index contributed by atoms with van der Waals surface area (Å²) in [5.74, 6) is 0. The zero-order valence-electron chi connectivity index (χ0n) is 8.63. The Balaban J connectivity index is 2.28. The summed E-state index contributed by atoms with van der Waals surface area (Å²) in [6.07, 6.45) is 0. The van der Waals surface area contributed by atoms with Crippen molar-refractivity contribution in [3.05, 3.63) is 22.5 Å². The highest BCUT2D eigenvalue weighted by Gasteiger charge is 2.07. The Hall–Kier alpha value is -1.52. The van der Waals surface area contributed by atoms with Gasteiger partial charge in [-0.2, -0.15) is 5.26 Å². The Bertz CT molecular complexity index is 557. The lowest BCUT2D eigenvalue weighted by Gasteiger charge is -1.97. The molecule has 0 bridgehead atoms. The topological polar surface area (TPSA) is 75.3 Å². The molecule has 0 aliphatic rings. The summed E-state index contributed by atoms with van der Waals surface area (Å²) in [5, 5.41) is 18.1. The number of nitriles is 1. The molecule has 0 atom stereocenters. The van der Waals surface area contributed by atoms with E-state index >= 15 is 0 Å². The Labute approximate surface area is 101 Å². The van der Waals surface area contributed by atoms with E-state index in [0.29, 0.717) is 10.9 Å². The maximum absolute atomic E-state index is 8.78. The van der Waals surface area contributed by atoms with Crippen molar-refractivity contribution >= 4 is 23.1 Å². The van der Waals surface area contributed by atoms with Crippen LogP contribution in [0.1, 0.15) is 16.4 Å². The third-order valence-electron chi connectivity index (χ3n) is 1.63. The SMILES string of the molecule is Cc1cc(C#N)nc(Sc2nnc(C)s2)n1. The Morgan fingerprint density at radius 2 is 2.12 bits per heavy atom. The minimum Gasteiger partial charge on any atom is -0.227 e. The number of aromatic nitrogens is 4. The van der Waals surface area contributed by atoms with Gasteiger partial charge in [-0.1, -0.05) is 11.3 Å². The predicted molar refractivity (Wildman–Crippen MR) is 60.3 cm³/mol. The standard InChI is InChI=1S/C9H7N5S2/c1-5-3-7(4-10)12-8(11-5)16-9-14-13-6(2)15-9/h3H,1-2H3. The predicted octanol–water partition coefficient (Wildman–Crippen LogP) is 1.97. The van der Waals surface area contributed by atoms with Crippen LogP contribution in [-0.4, -0.2) is 20.2 Å². The fraction of sp³-hybridized carbons (Fsp3) is 0.222. The molecule has 0 spiro atoms. The Morgan fingerprint density at radius 1 is 1.31 bits per heavy atom. The molecule has 5 nitrogen and oxygen atoms in total. The lowest BCUT2D eigenvalue weighted by Crippen LogP contribution is -1.93. The van der Waals surface area contributed by atoms with E-state index < -0.39 is 0 Å². The van der Waals surface area contributed by atoms with Gasteiger partial charge in [0, 0.05) is 5.69 Å². The molecule has 2 aromatic heterocycles. The van der Waals surface area contributed by atoms with Crippen LogP contribution in [0, 0.1) is 25.2 Å². The van der Waals surface area contributed by atoms with Gasteiger partial charge >= 0.3 is 0 Å². The molecule has 2 aromatic rings. The van der Waals surface area contributed by atoms with E-state index in [-0.39, 0.29) is 0 Å². The average molecular weight is 249 g/mol. The molecule has 0 amide bonds. The van der Waals surface area contributed by atoms with Gasteiger partial charge in [0.1, 0.15) is 16.8 Å². The van der Waals surface area contributed by atoms with Gasteiger partial charge in [-0.15, -0.1) is 10.2 Å². The molecular formula is C9H7N5S2. The third kappa shape index (κ3) is 2.53.